The molecule has 1 aliphatic heterocycles. The van der Waals surface area contributed by atoms with Gasteiger partial charge in [-0.2, -0.15) is 0 Å². The predicted octanol–water partition coefficient (Wildman–Crippen LogP) is 3.31. The summed E-state index contributed by atoms with van der Waals surface area (Å²) in [5.41, 5.74) is 2.86. The van der Waals surface area contributed by atoms with Crippen LogP contribution >= 0.6 is 0 Å². The first-order chi connectivity index (χ1) is 11.5. The number of nitrogens with zero attached hydrogens (tertiary/aromatic N) is 1. The number of anilines is 1. The van der Waals surface area contributed by atoms with Crippen molar-refractivity contribution in [3.8, 4) is 0 Å². The largest absolute Gasteiger partial charge is 0.478 e. The van der Waals surface area contributed by atoms with Crippen molar-refractivity contribution in [2.45, 2.75) is 26.7 Å². The van der Waals surface area contributed by atoms with Crippen molar-refractivity contribution in [2.24, 2.45) is 0 Å². The number of aromatic carboxylic acids is 1. The third kappa shape index (κ3) is 2.29. The summed E-state index contributed by atoms with van der Waals surface area (Å²) in [5.74, 6) is -1.99. The number of carbonyl (C=O) groups is 3. The van der Waals surface area contributed by atoms with Gasteiger partial charge < -0.3 is 5.11 Å². The number of fused-ring (bicyclic) bond motifs is 1. The molecular formula is C19H17NO4. The zero-order chi connectivity index (χ0) is 17.4. The van der Waals surface area contributed by atoms with E-state index in [1.165, 1.54) is 23.1 Å². The second-order valence-electron chi connectivity index (χ2n) is 5.64. The summed E-state index contributed by atoms with van der Waals surface area (Å²) in [4.78, 5) is 37.9. The summed E-state index contributed by atoms with van der Waals surface area (Å²) in [6.45, 7) is 3.94. The average molecular weight is 323 g/mol. The maximum absolute atomic E-state index is 12.8. The van der Waals surface area contributed by atoms with Crippen molar-refractivity contribution in [3.05, 3.63) is 64.2 Å². The summed E-state index contributed by atoms with van der Waals surface area (Å²) in [6.07, 6.45) is 1.38. The highest BCUT2D eigenvalue weighted by molar-refractivity contribution is 6.35. The van der Waals surface area contributed by atoms with Gasteiger partial charge in [0.15, 0.2) is 0 Å². The molecule has 0 fully saturated rings. The fourth-order valence-electron chi connectivity index (χ4n) is 3.08. The highest BCUT2D eigenvalue weighted by atomic mass is 16.4. The minimum atomic E-state index is -1.13. The van der Waals surface area contributed by atoms with Crippen LogP contribution < -0.4 is 4.90 Å². The number of carboxylic acid groups (broad SMARTS) is 1. The maximum atomic E-state index is 12.8. The second kappa shape index (κ2) is 5.92. The van der Waals surface area contributed by atoms with Gasteiger partial charge in [0.2, 0.25) is 0 Å². The van der Waals surface area contributed by atoms with Crippen LogP contribution in [-0.4, -0.2) is 22.9 Å². The highest BCUT2D eigenvalue weighted by Gasteiger charge is 2.38. The van der Waals surface area contributed by atoms with Crippen molar-refractivity contribution >= 4 is 23.5 Å². The Morgan fingerprint density at radius 3 is 2.08 bits per heavy atom. The van der Waals surface area contributed by atoms with Crippen LogP contribution in [0.4, 0.5) is 5.69 Å². The van der Waals surface area contributed by atoms with Crippen molar-refractivity contribution in [1.82, 2.24) is 0 Å². The molecule has 0 atom stereocenters. The Bertz CT molecular complexity index is 847. The lowest BCUT2D eigenvalue weighted by molar-refractivity contribution is 0.0696. The van der Waals surface area contributed by atoms with Crippen LogP contribution in [0, 0.1) is 0 Å². The molecule has 0 aromatic heterocycles. The number of amides is 2. The molecule has 2 amide bonds. The predicted molar refractivity (Wildman–Crippen MR) is 89.7 cm³/mol. The van der Waals surface area contributed by atoms with E-state index in [1.54, 1.807) is 0 Å². The minimum absolute atomic E-state index is 0.00348. The Kier molecular flexibility index (Phi) is 3.93. The van der Waals surface area contributed by atoms with Crippen LogP contribution in [0.3, 0.4) is 0 Å². The Labute approximate surface area is 139 Å². The molecule has 122 valence electrons. The van der Waals surface area contributed by atoms with Gasteiger partial charge in [-0.15, -0.1) is 0 Å². The molecule has 0 unspecified atom stereocenters. The number of hydrogen-bond acceptors (Lipinski definition) is 3. The van der Waals surface area contributed by atoms with Crippen LogP contribution in [0.5, 0.6) is 0 Å². The normalized spacial score (nSPS) is 13.3. The van der Waals surface area contributed by atoms with E-state index in [9.17, 15) is 14.4 Å². The van der Waals surface area contributed by atoms with Gasteiger partial charge >= 0.3 is 5.97 Å². The maximum Gasteiger partial charge on any atom is 0.335 e. The first kappa shape index (κ1) is 15.9. The standard InChI is InChI=1S/C19H17NO4/c1-3-11-6-5-7-12(4-2)16(11)20-17(21)14-9-8-13(19(23)24)10-15(14)18(20)22/h5-10H,3-4H2,1-2H3,(H,23,24). The van der Waals surface area contributed by atoms with Crippen molar-refractivity contribution in [3.63, 3.8) is 0 Å². The number of rotatable bonds is 4. The molecule has 2 aromatic carbocycles. The van der Waals surface area contributed by atoms with E-state index in [0.717, 1.165) is 11.1 Å². The molecule has 3 rings (SSSR count). The van der Waals surface area contributed by atoms with Crippen LogP contribution in [0.2, 0.25) is 0 Å². The monoisotopic (exact) mass is 323 g/mol. The fraction of sp³-hybridized carbons (Fsp3) is 0.211. The first-order valence-electron chi connectivity index (χ1n) is 7.86. The molecule has 0 aliphatic carbocycles. The molecule has 0 saturated carbocycles. The van der Waals surface area contributed by atoms with Crippen LogP contribution in [0.15, 0.2) is 36.4 Å². The molecule has 5 nitrogen and oxygen atoms in total. The molecule has 2 aromatic rings. The molecule has 0 saturated heterocycles. The Morgan fingerprint density at radius 1 is 0.958 bits per heavy atom. The summed E-state index contributed by atoms with van der Waals surface area (Å²) < 4.78 is 0. The number of aryl methyl sites for hydroxylation is 2. The number of para-hydroxylation sites is 1. The third-order valence-corrected chi connectivity index (χ3v) is 4.32. The Balaban J connectivity index is 2.17. The van der Waals surface area contributed by atoms with E-state index >= 15 is 0 Å². The smallest absolute Gasteiger partial charge is 0.335 e. The van der Waals surface area contributed by atoms with E-state index in [0.29, 0.717) is 18.5 Å². The summed E-state index contributed by atoms with van der Waals surface area (Å²) in [7, 11) is 0. The second-order valence-corrected chi connectivity index (χ2v) is 5.64. The number of benzene rings is 2. The molecule has 1 aliphatic rings. The van der Waals surface area contributed by atoms with Crippen LogP contribution in [0.25, 0.3) is 0 Å². The molecule has 1 N–H and O–H groups in total. The average Bonchev–Trinajstić information content (AvgIpc) is 2.84. The lowest BCUT2D eigenvalue weighted by Gasteiger charge is -2.21. The zero-order valence-corrected chi connectivity index (χ0v) is 13.5. The van der Waals surface area contributed by atoms with Gasteiger partial charge in [-0.05, 0) is 42.2 Å². The number of hydrogen-bond donors (Lipinski definition) is 1. The number of carbonyl (C=O) groups excluding carboxylic acids is 2. The highest BCUT2D eigenvalue weighted by Crippen LogP contribution is 2.34. The van der Waals surface area contributed by atoms with E-state index in [-0.39, 0.29) is 16.7 Å². The lowest BCUT2D eigenvalue weighted by Crippen LogP contribution is -2.31. The van der Waals surface area contributed by atoms with Gasteiger partial charge in [-0.25, -0.2) is 9.69 Å². The Morgan fingerprint density at radius 2 is 1.54 bits per heavy atom. The SMILES string of the molecule is CCc1cccc(CC)c1N1C(=O)c2ccc(C(=O)O)cc2C1=O. The number of carboxylic acids is 1. The summed E-state index contributed by atoms with van der Waals surface area (Å²) in [6, 6.07) is 9.77. The fourth-order valence-corrected chi connectivity index (χ4v) is 3.08. The van der Waals surface area contributed by atoms with Gasteiger partial charge in [0, 0.05) is 0 Å². The molecule has 0 radical (unpaired) electrons. The molecule has 24 heavy (non-hydrogen) atoms. The summed E-state index contributed by atoms with van der Waals surface area (Å²) >= 11 is 0. The molecule has 0 bridgehead atoms. The van der Waals surface area contributed by atoms with E-state index in [4.69, 9.17) is 5.11 Å². The van der Waals surface area contributed by atoms with Crippen molar-refractivity contribution in [1.29, 1.82) is 0 Å². The first-order valence-corrected chi connectivity index (χ1v) is 7.86. The molecular weight excluding hydrogens is 306 g/mol. The quantitative estimate of drug-likeness (QED) is 0.876. The van der Waals surface area contributed by atoms with Gasteiger partial charge in [0.25, 0.3) is 11.8 Å². The topological polar surface area (TPSA) is 74.7 Å². The zero-order valence-electron chi connectivity index (χ0n) is 13.5. The minimum Gasteiger partial charge on any atom is -0.478 e. The van der Waals surface area contributed by atoms with Crippen molar-refractivity contribution < 1.29 is 19.5 Å². The van der Waals surface area contributed by atoms with Crippen LogP contribution in [-0.2, 0) is 12.8 Å². The number of imide groups is 1. The van der Waals surface area contributed by atoms with Gasteiger partial charge in [-0.1, -0.05) is 32.0 Å². The van der Waals surface area contributed by atoms with Gasteiger partial charge in [0.05, 0.1) is 22.4 Å². The molecule has 5 heteroatoms. The molecule has 0 spiro atoms. The summed E-state index contributed by atoms with van der Waals surface area (Å²) in [5, 5.41) is 9.11. The molecule has 1 heterocycles. The lowest BCUT2D eigenvalue weighted by atomic mass is 10.0. The van der Waals surface area contributed by atoms with E-state index < -0.39 is 17.8 Å². The van der Waals surface area contributed by atoms with Gasteiger partial charge in [-0.3, -0.25) is 9.59 Å². The van der Waals surface area contributed by atoms with Crippen LogP contribution in [0.1, 0.15) is 56.0 Å². The van der Waals surface area contributed by atoms with Crippen molar-refractivity contribution in [2.75, 3.05) is 4.90 Å². The van der Waals surface area contributed by atoms with Gasteiger partial charge in [0.1, 0.15) is 0 Å². The third-order valence-electron chi connectivity index (χ3n) is 4.32. The Hall–Kier alpha value is -2.95. The van der Waals surface area contributed by atoms with E-state index in [2.05, 4.69) is 0 Å². The van der Waals surface area contributed by atoms with E-state index in [1.807, 2.05) is 32.0 Å².